The fourth-order valence-corrected chi connectivity index (χ4v) is 4.33. The van der Waals surface area contributed by atoms with E-state index in [0.717, 1.165) is 17.0 Å². The highest BCUT2D eigenvalue weighted by Gasteiger charge is 2.26. The van der Waals surface area contributed by atoms with E-state index in [1.807, 2.05) is 30.0 Å². The van der Waals surface area contributed by atoms with Gasteiger partial charge in [0.05, 0.1) is 23.9 Å². The number of H-pyrrole nitrogens is 1. The second-order valence-corrected chi connectivity index (χ2v) is 8.11. The van der Waals surface area contributed by atoms with Crippen molar-refractivity contribution in [3.8, 4) is 0 Å². The van der Waals surface area contributed by atoms with Crippen LogP contribution in [-0.4, -0.2) is 57.9 Å². The Labute approximate surface area is 193 Å². The van der Waals surface area contributed by atoms with Gasteiger partial charge in [-0.15, -0.1) is 0 Å². The number of aromatic amines is 1. The Kier molecular flexibility index (Phi) is 6.34. The Bertz CT molecular complexity index is 1370. The lowest BCUT2D eigenvalue weighted by molar-refractivity contribution is -0.121. The van der Waals surface area contributed by atoms with Crippen LogP contribution in [0.3, 0.4) is 0 Å². The molecule has 1 fully saturated rings. The number of carbonyl (C=O) groups excluding carboxylic acids is 2. The highest BCUT2D eigenvalue weighted by atomic mass is 32.1. The predicted molar refractivity (Wildman–Crippen MR) is 124 cm³/mol. The number of benzene rings is 1. The van der Waals surface area contributed by atoms with Gasteiger partial charge < -0.3 is 15.2 Å². The van der Waals surface area contributed by atoms with E-state index in [1.54, 1.807) is 0 Å². The third-order valence-corrected chi connectivity index (χ3v) is 6.09. The molecule has 0 atom stereocenters. The minimum absolute atomic E-state index is 0.143. The SMILES string of the molecule is CCn1c(=O)[nH]c2cc(CN3CCN(c4cnc(C(=O)NC)c(F)c4)C(=O)C3)ccc2c1=S. The van der Waals surface area contributed by atoms with Crippen LogP contribution in [0.5, 0.6) is 0 Å². The van der Waals surface area contributed by atoms with E-state index in [1.165, 1.54) is 22.7 Å². The Morgan fingerprint density at radius 1 is 1.27 bits per heavy atom. The molecule has 0 saturated carbocycles. The van der Waals surface area contributed by atoms with Gasteiger partial charge in [0.1, 0.15) is 4.64 Å². The Balaban J connectivity index is 1.48. The van der Waals surface area contributed by atoms with Crippen molar-refractivity contribution in [2.75, 3.05) is 31.6 Å². The van der Waals surface area contributed by atoms with Crippen molar-refractivity contribution in [3.05, 3.63) is 62.7 Å². The molecule has 2 N–H and O–H groups in total. The Morgan fingerprint density at radius 3 is 2.73 bits per heavy atom. The second kappa shape index (κ2) is 9.20. The summed E-state index contributed by atoms with van der Waals surface area (Å²) in [6.45, 7) is 3.93. The van der Waals surface area contributed by atoms with Gasteiger partial charge in [-0.1, -0.05) is 18.3 Å². The number of hydrogen-bond donors (Lipinski definition) is 2. The number of nitrogens with one attached hydrogen (secondary N) is 2. The number of rotatable bonds is 5. The van der Waals surface area contributed by atoms with Crippen molar-refractivity contribution in [2.24, 2.45) is 0 Å². The molecule has 11 heteroatoms. The molecule has 1 aromatic carbocycles. The normalized spacial score (nSPS) is 14.6. The van der Waals surface area contributed by atoms with Gasteiger partial charge in [-0.2, -0.15) is 0 Å². The average molecular weight is 471 g/mol. The number of amides is 2. The van der Waals surface area contributed by atoms with Crippen LogP contribution in [0, 0.1) is 10.5 Å². The van der Waals surface area contributed by atoms with E-state index in [4.69, 9.17) is 12.2 Å². The lowest BCUT2D eigenvalue weighted by Crippen LogP contribution is -2.50. The maximum absolute atomic E-state index is 14.3. The first-order valence-electron chi connectivity index (χ1n) is 10.5. The van der Waals surface area contributed by atoms with Gasteiger partial charge in [-0.3, -0.25) is 19.1 Å². The minimum Gasteiger partial charge on any atom is -0.354 e. The molecule has 9 nitrogen and oxygen atoms in total. The lowest BCUT2D eigenvalue weighted by Gasteiger charge is -2.34. The largest absolute Gasteiger partial charge is 0.354 e. The fraction of sp³-hybridized carbons (Fsp3) is 0.318. The van der Waals surface area contributed by atoms with E-state index in [9.17, 15) is 18.8 Å². The summed E-state index contributed by atoms with van der Waals surface area (Å²) in [7, 11) is 1.39. The summed E-state index contributed by atoms with van der Waals surface area (Å²) in [5.41, 5.74) is 1.35. The van der Waals surface area contributed by atoms with Crippen molar-refractivity contribution >= 4 is 40.6 Å². The molecule has 3 heterocycles. The number of nitrogens with zero attached hydrogens (tertiary/aromatic N) is 4. The van der Waals surface area contributed by atoms with Crippen molar-refractivity contribution < 1.29 is 14.0 Å². The van der Waals surface area contributed by atoms with Gasteiger partial charge >= 0.3 is 5.69 Å². The van der Waals surface area contributed by atoms with Gasteiger partial charge in [-0.25, -0.2) is 14.2 Å². The fourth-order valence-electron chi connectivity index (χ4n) is 3.94. The number of hydrogen-bond acceptors (Lipinski definition) is 6. The first-order valence-corrected chi connectivity index (χ1v) is 10.9. The standard InChI is InChI=1S/C22H23FN6O3S/c1-3-28-21(33)15-5-4-13(8-17(15)26-22(28)32)11-27-6-7-29(18(30)12-27)14-9-16(23)19(25-10-14)20(31)24-2/h4-5,8-10H,3,6-7,11-12H2,1-2H3,(H,24,31)(H,26,32). The smallest absolute Gasteiger partial charge is 0.326 e. The van der Waals surface area contributed by atoms with Gasteiger partial charge in [0, 0.05) is 44.7 Å². The molecule has 0 aliphatic carbocycles. The quantitative estimate of drug-likeness (QED) is 0.552. The maximum atomic E-state index is 14.3. The summed E-state index contributed by atoms with van der Waals surface area (Å²) in [6, 6.07) is 6.85. The zero-order valence-electron chi connectivity index (χ0n) is 18.2. The zero-order valence-corrected chi connectivity index (χ0v) is 19.0. The lowest BCUT2D eigenvalue weighted by atomic mass is 10.1. The summed E-state index contributed by atoms with van der Waals surface area (Å²) >= 11 is 5.43. The minimum atomic E-state index is -0.780. The maximum Gasteiger partial charge on any atom is 0.326 e. The van der Waals surface area contributed by atoms with Crippen LogP contribution in [0.25, 0.3) is 10.9 Å². The first-order chi connectivity index (χ1) is 15.8. The highest BCUT2D eigenvalue weighted by molar-refractivity contribution is 7.71. The van der Waals surface area contributed by atoms with Crippen LogP contribution < -0.4 is 15.9 Å². The van der Waals surface area contributed by atoms with Gasteiger partial charge in [0.25, 0.3) is 5.91 Å². The number of fused-ring (bicyclic) bond motifs is 1. The van der Waals surface area contributed by atoms with Crippen LogP contribution >= 0.6 is 12.2 Å². The van der Waals surface area contributed by atoms with Gasteiger partial charge in [0.15, 0.2) is 11.5 Å². The van der Waals surface area contributed by atoms with Crippen LogP contribution in [0.2, 0.25) is 0 Å². The summed E-state index contributed by atoms with van der Waals surface area (Å²) in [5.74, 6) is -1.60. The van der Waals surface area contributed by atoms with Crippen LogP contribution in [0.1, 0.15) is 23.0 Å². The predicted octanol–water partition coefficient (Wildman–Crippen LogP) is 1.82. The monoisotopic (exact) mass is 470 g/mol. The molecular weight excluding hydrogens is 447 g/mol. The zero-order chi connectivity index (χ0) is 23.7. The van der Waals surface area contributed by atoms with Crippen LogP contribution in [0.4, 0.5) is 10.1 Å². The molecule has 1 saturated heterocycles. The van der Waals surface area contributed by atoms with Gasteiger partial charge in [0.2, 0.25) is 5.91 Å². The van der Waals surface area contributed by atoms with Crippen molar-refractivity contribution in [2.45, 2.75) is 20.0 Å². The first kappa shape index (κ1) is 22.7. The molecule has 33 heavy (non-hydrogen) atoms. The van der Waals surface area contributed by atoms with Gasteiger partial charge in [-0.05, 0) is 24.6 Å². The van der Waals surface area contributed by atoms with E-state index < -0.39 is 11.7 Å². The summed E-state index contributed by atoms with van der Waals surface area (Å²) < 4.78 is 16.3. The van der Waals surface area contributed by atoms with E-state index in [0.29, 0.717) is 42.0 Å². The molecule has 1 aliphatic rings. The third kappa shape index (κ3) is 4.41. The molecule has 2 amide bonds. The summed E-state index contributed by atoms with van der Waals surface area (Å²) in [4.78, 5) is 46.8. The van der Waals surface area contributed by atoms with Crippen molar-refractivity contribution in [3.63, 3.8) is 0 Å². The van der Waals surface area contributed by atoms with E-state index >= 15 is 0 Å². The Hall–Kier alpha value is -3.44. The molecule has 0 unspecified atom stereocenters. The van der Waals surface area contributed by atoms with Crippen LogP contribution in [-0.2, 0) is 17.9 Å². The summed E-state index contributed by atoms with van der Waals surface area (Å²) in [5, 5.41) is 3.12. The Morgan fingerprint density at radius 2 is 2.06 bits per heavy atom. The summed E-state index contributed by atoms with van der Waals surface area (Å²) in [6.07, 6.45) is 1.33. The van der Waals surface area contributed by atoms with E-state index in [-0.39, 0.29) is 23.8 Å². The van der Waals surface area contributed by atoms with Crippen molar-refractivity contribution in [1.29, 1.82) is 0 Å². The molecule has 0 radical (unpaired) electrons. The molecule has 0 bridgehead atoms. The number of carbonyl (C=O) groups is 2. The molecule has 0 spiro atoms. The van der Waals surface area contributed by atoms with Crippen LogP contribution in [0.15, 0.2) is 35.3 Å². The third-order valence-electron chi connectivity index (χ3n) is 5.65. The number of pyridine rings is 1. The topological polar surface area (TPSA) is 103 Å². The molecule has 1 aliphatic heterocycles. The second-order valence-electron chi connectivity index (χ2n) is 7.72. The number of halogens is 1. The highest BCUT2D eigenvalue weighted by Crippen LogP contribution is 2.21. The number of anilines is 1. The molecule has 172 valence electrons. The van der Waals surface area contributed by atoms with Crippen molar-refractivity contribution in [1.82, 2.24) is 24.8 Å². The molecular formula is C22H23FN6O3S. The molecule has 3 aromatic rings. The number of piperazine rings is 1. The van der Waals surface area contributed by atoms with E-state index in [2.05, 4.69) is 15.3 Å². The molecule has 4 rings (SSSR count). The average Bonchev–Trinajstić information content (AvgIpc) is 2.78. The number of aromatic nitrogens is 3. The molecule has 2 aromatic heterocycles.